The molecular formula is C16H13BrN4O. The molecule has 0 saturated carbocycles. The van der Waals surface area contributed by atoms with Crippen LogP contribution >= 0.6 is 15.9 Å². The molecule has 1 aromatic heterocycles. The lowest BCUT2D eigenvalue weighted by molar-refractivity contribution is 0.305. The Bertz CT molecular complexity index is 773. The van der Waals surface area contributed by atoms with Gasteiger partial charge in [-0.1, -0.05) is 35.0 Å². The first kappa shape index (κ1) is 15.8. The van der Waals surface area contributed by atoms with Gasteiger partial charge in [-0.25, -0.2) is 0 Å². The zero-order valence-electron chi connectivity index (χ0n) is 11.9. The summed E-state index contributed by atoms with van der Waals surface area (Å²) < 4.78 is 6.41. The Hall–Kier alpha value is -2.57. The maximum absolute atomic E-state index is 9.50. The van der Waals surface area contributed by atoms with E-state index in [9.17, 15) is 10.5 Å². The number of hydrogen-bond acceptors (Lipinski definition) is 5. The highest BCUT2D eigenvalue weighted by Crippen LogP contribution is 2.35. The van der Waals surface area contributed by atoms with E-state index >= 15 is 0 Å². The van der Waals surface area contributed by atoms with Crippen LogP contribution in [0.5, 0.6) is 5.88 Å². The second kappa shape index (κ2) is 6.93. The summed E-state index contributed by atoms with van der Waals surface area (Å²) in [7, 11) is 0. The number of nitriles is 2. The monoisotopic (exact) mass is 356 g/mol. The number of benzene rings is 1. The zero-order valence-corrected chi connectivity index (χ0v) is 13.5. The molecule has 0 amide bonds. The van der Waals surface area contributed by atoms with Crippen LogP contribution < -0.4 is 10.5 Å². The topological polar surface area (TPSA) is 95.7 Å². The van der Waals surface area contributed by atoms with E-state index in [-0.39, 0.29) is 22.8 Å². The average molecular weight is 357 g/mol. The van der Waals surface area contributed by atoms with Crippen molar-refractivity contribution in [1.82, 2.24) is 4.98 Å². The Kier molecular flexibility index (Phi) is 4.98. The van der Waals surface area contributed by atoms with Crippen molar-refractivity contribution in [2.24, 2.45) is 0 Å². The molecule has 0 radical (unpaired) electrons. The van der Waals surface area contributed by atoms with Crippen LogP contribution in [0.1, 0.15) is 24.5 Å². The minimum absolute atomic E-state index is 0.0607. The average Bonchev–Trinajstić information content (AvgIpc) is 2.53. The fraction of sp³-hybridized carbons (Fsp3) is 0.188. The molecule has 0 atom stereocenters. The van der Waals surface area contributed by atoms with Crippen molar-refractivity contribution >= 4 is 21.7 Å². The number of nitrogens with two attached hydrogens (primary N) is 1. The molecule has 0 bridgehead atoms. The summed E-state index contributed by atoms with van der Waals surface area (Å²) >= 11 is 3.36. The number of anilines is 1. The Morgan fingerprint density at radius 2 is 1.82 bits per heavy atom. The Labute approximate surface area is 137 Å². The van der Waals surface area contributed by atoms with Crippen LogP contribution in [0.15, 0.2) is 28.7 Å². The number of rotatable bonds is 4. The number of ether oxygens (including phenoxy) is 1. The lowest BCUT2D eigenvalue weighted by Gasteiger charge is -2.13. The SMILES string of the molecule is CCCOc1nc(N)c(C#N)c(-c2ccc(Br)cc2)c1C#N. The highest BCUT2D eigenvalue weighted by Gasteiger charge is 2.21. The molecule has 0 aliphatic rings. The number of halogens is 1. The zero-order chi connectivity index (χ0) is 16.1. The van der Waals surface area contributed by atoms with Crippen LogP contribution in [0, 0.1) is 22.7 Å². The Morgan fingerprint density at radius 3 is 2.36 bits per heavy atom. The molecular weight excluding hydrogens is 344 g/mol. The van der Waals surface area contributed by atoms with Crippen LogP contribution in [0.25, 0.3) is 11.1 Å². The fourth-order valence-electron chi connectivity index (χ4n) is 2.01. The van der Waals surface area contributed by atoms with Crippen molar-refractivity contribution in [1.29, 1.82) is 10.5 Å². The van der Waals surface area contributed by atoms with E-state index in [0.717, 1.165) is 10.9 Å². The van der Waals surface area contributed by atoms with Gasteiger partial charge in [-0.3, -0.25) is 0 Å². The third kappa shape index (κ3) is 3.03. The van der Waals surface area contributed by atoms with Gasteiger partial charge in [0.15, 0.2) is 0 Å². The predicted molar refractivity (Wildman–Crippen MR) is 87.0 cm³/mol. The van der Waals surface area contributed by atoms with Gasteiger partial charge in [0, 0.05) is 10.0 Å². The quantitative estimate of drug-likeness (QED) is 0.902. The van der Waals surface area contributed by atoms with Gasteiger partial charge in [-0.2, -0.15) is 15.5 Å². The normalized spacial score (nSPS) is 9.82. The molecule has 1 aromatic carbocycles. The molecule has 0 unspecified atom stereocenters. The van der Waals surface area contributed by atoms with E-state index in [1.165, 1.54) is 0 Å². The molecule has 1 heterocycles. The van der Waals surface area contributed by atoms with E-state index in [4.69, 9.17) is 10.5 Å². The number of nitrogen functional groups attached to an aromatic ring is 1. The van der Waals surface area contributed by atoms with Crippen molar-refractivity contribution < 1.29 is 4.74 Å². The molecule has 0 aliphatic heterocycles. The molecule has 6 heteroatoms. The predicted octanol–water partition coefficient (Wildman–Crippen LogP) is 3.63. The standard InChI is InChI=1S/C16H13BrN4O/c1-2-7-22-16-13(9-19)14(12(8-18)15(20)21-16)10-3-5-11(17)6-4-10/h3-6H,2,7H2,1H3,(H2,20,21). The van der Waals surface area contributed by atoms with Crippen LogP contribution in [0.2, 0.25) is 0 Å². The van der Waals surface area contributed by atoms with Crippen LogP contribution in [-0.4, -0.2) is 11.6 Å². The van der Waals surface area contributed by atoms with Crippen molar-refractivity contribution in [3.8, 4) is 29.1 Å². The van der Waals surface area contributed by atoms with E-state index in [1.807, 2.05) is 37.3 Å². The van der Waals surface area contributed by atoms with E-state index < -0.39 is 0 Å². The largest absolute Gasteiger partial charge is 0.477 e. The summed E-state index contributed by atoms with van der Waals surface area (Å²) in [4.78, 5) is 4.06. The van der Waals surface area contributed by atoms with E-state index in [0.29, 0.717) is 17.7 Å². The Balaban J connectivity index is 2.73. The lowest BCUT2D eigenvalue weighted by atomic mass is 9.96. The molecule has 5 nitrogen and oxygen atoms in total. The molecule has 2 rings (SSSR count). The summed E-state index contributed by atoms with van der Waals surface area (Å²) in [5.74, 6) is 0.226. The smallest absolute Gasteiger partial charge is 0.234 e. The molecule has 2 N–H and O–H groups in total. The van der Waals surface area contributed by atoms with Gasteiger partial charge in [0.2, 0.25) is 5.88 Å². The highest BCUT2D eigenvalue weighted by molar-refractivity contribution is 9.10. The van der Waals surface area contributed by atoms with Crippen molar-refractivity contribution in [2.45, 2.75) is 13.3 Å². The first-order valence-corrected chi connectivity index (χ1v) is 7.44. The fourth-order valence-corrected chi connectivity index (χ4v) is 2.27. The van der Waals surface area contributed by atoms with E-state index in [1.54, 1.807) is 0 Å². The molecule has 0 fully saturated rings. The van der Waals surface area contributed by atoms with Crippen molar-refractivity contribution in [3.05, 3.63) is 39.9 Å². The maximum Gasteiger partial charge on any atom is 0.234 e. The summed E-state index contributed by atoms with van der Waals surface area (Å²) in [6.07, 6.45) is 0.778. The van der Waals surface area contributed by atoms with Gasteiger partial charge in [0.1, 0.15) is 29.1 Å². The van der Waals surface area contributed by atoms with Crippen LogP contribution in [0.4, 0.5) is 5.82 Å². The maximum atomic E-state index is 9.50. The molecule has 2 aromatic rings. The van der Waals surface area contributed by atoms with Gasteiger partial charge in [-0.05, 0) is 24.1 Å². The Morgan fingerprint density at radius 1 is 1.18 bits per heavy atom. The summed E-state index contributed by atoms with van der Waals surface area (Å²) in [6.45, 7) is 2.38. The summed E-state index contributed by atoms with van der Waals surface area (Å²) in [5.41, 5.74) is 7.44. The van der Waals surface area contributed by atoms with Crippen molar-refractivity contribution in [3.63, 3.8) is 0 Å². The molecule has 110 valence electrons. The van der Waals surface area contributed by atoms with Crippen LogP contribution in [-0.2, 0) is 0 Å². The van der Waals surface area contributed by atoms with Gasteiger partial charge in [0.25, 0.3) is 0 Å². The van der Waals surface area contributed by atoms with Crippen LogP contribution in [0.3, 0.4) is 0 Å². The molecule has 0 saturated heterocycles. The van der Waals surface area contributed by atoms with E-state index in [2.05, 4.69) is 27.0 Å². The number of aromatic nitrogens is 1. The third-order valence-corrected chi connectivity index (χ3v) is 3.52. The molecule has 0 aliphatic carbocycles. The van der Waals surface area contributed by atoms with Gasteiger partial charge >= 0.3 is 0 Å². The van der Waals surface area contributed by atoms with Gasteiger partial charge in [-0.15, -0.1) is 0 Å². The third-order valence-electron chi connectivity index (χ3n) is 2.99. The van der Waals surface area contributed by atoms with Gasteiger partial charge < -0.3 is 10.5 Å². The first-order chi connectivity index (χ1) is 10.6. The summed E-state index contributed by atoms with van der Waals surface area (Å²) in [5, 5.41) is 18.9. The minimum atomic E-state index is 0.0607. The summed E-state index contributed by atoms with van der Waals surface area (Å²) in [6, 6.07) is 11.4. The first-order valence-electron chi connectivity index (χ1n) is 6.64. The highest BCUT2D eigenvalue weighted by atomic mass is 79.9. The molecule has 22 heavy (non-hydrogen) atoms. The second-order valence-corrected chi connectivity index (χ2v) is 5.42. The lowest BCUT2D eigenvalue weighted by Crippen LogP contribution is -2.06. The second-order valence-electron chi connectivity index (χ2n) is 4.51. The number of nitrogens with zero attached hydrogens (tertiary/aromatic N) is 3. The number of pyridine rings is 1. The minimum Gasteiger partial charge on any atom is -0.477 e. The van der Waals surface area contributed by atoms with Crippen molar-refractivity contribution in [2.75, 3.05) is 12.3 Å². The van der Waals surface area contributed by atoms with Gasteiger partial charge in [0.05, 0.1) is 6.61 Å². The number of hydrogen-bond donors (Lipinski definition) is 1. The molecule has 0 spiro atoms.